The second-order valence-corrected chi connectivity index (χ2v) is 4.51. The van der Waals surface area contributed by atoms with Crippen LogP contribution in [-0.4, -0.2) is 24.1 Å². The Bertz CT molecular complexity index is 358. The molecule has 1 atom stereocenters. The Hall–Kier alpha value is -0.940. The van der Waals surface area contributed by atoms with Crippen molar-refractivity contribution >= 4 is 21.9 Å². The van der Waals surface area contributed by atoms with Gasteiger partial charge in [0.2, 0.25) is 0 Å². The number of nitrogens with two attached hydrogens (primary N) is 1. The Balaban J connectivity index is 2.39. The first-order valence-corrected chi connectivity index (χ1v) is 5.83. The highest BCUT2D eigenvalue weighted by Crippen LogP contribution is 2.12. The topological polar surface area (TPSA) is 65.2 Å². The molecule has 0 aliphatic rings. The minimum absolute atomic E-state index is 0.0461. The van der Waals surface area contributed by atoms with E-state index >= 15 is 0 Å². The van der Waals surface area contributed by atoms with Crippen LogP contribution in [0.25, 0.3) is 0 Å². The zero-order valence-corrected chi connectivity index (χ0v) is 10.7. The number of halogens is 1. The Morgan fingerprint density at radius 3 is 3.00 bits per heavy atom. The number of esters is 1. The van der Waals surface area contributed by atoms with Gasteiger partial charge in [-0.2, -0.15) is 0 Å². The number of nitrogens with zero attached hydrogens (tertiary/aromatic N) is 1. The summed E-state index contributed by atoms with van der Waals surface area (Å²) in [6.07, 6.45) is 5.20. The highest BCUT2D eigenvalue weighted by molar-refractivity contribution is 9.10. The SMILES string of the molecule is COC(=O)CCC(N)Cc1cncc(Br)c1. The quantitative estimate of drug-likeness (QED) is 0.837. The van der Waals surface area contributed by atoms with Crippen molar-refractivity contribution in [3.8, 4) is 0 Å². The molecule has 0 amide bonds. The van der Waals surface area contributed by atoms with Crippen molar-refractivity contribution in [1.29, 1.82) is 0 Å². The summed E-state index contributed by atoms with van der Waals surface area (Å²) in [5, 5.41) is 0. The maximum atomic E-state index is 10.9. The van der Waals surface area contributed by atoms with Crippen LogP contribution in [0.15, 0.2) is 22.9 Å². The van der Waals surface area contributed by atoms with Gasteiger partial charge in [0.1, 0.15) is 0 Å². The van der Waals surface area contributed by atoms with Crippen molar-refractivity contribution in [2.45, 2.75) is 25.3 Å². The van der Waals surface area contributed by atoms with E-state index in [0.717, 1.165) is 10.0 Å². The lowest BCUT2D eigenvalue weighted by Crippen LogP contribution is -2.24. The summed E-state index contributed by atoms with van der Waals surface area (Å²) in [6, 6.07) is 1.93. The highest BCUT2D eigenvalue weighted by Gasteiger charge is 2.08. The van der Waals surface area contributed by atoms with Crippen molar-refractivity contribution in [2.24, 2.45) is 5.73 Å². The molecule has 1 rings (SSSR count). The van der Waals surface area contributed by atoms with Gasteiger partial charge in [-0.1, -0.05) is 0 Å². The van der Waals surface area contributed by atoms with Gasteiger partial charge < -0.3 is 10.5 Å². The molecule has 88 valence electrons. The Labute approximate surface area is 103 Å². The molecule has 1 aromatic rings. The largest absolute Gasteiger partial charge is 0.469 e. The van der Waals surface area contributed by atoms with E-state index in [4.69, 9.17) is 5.73 Å². The molecule has 0 spiro atoms. The van der Waals surface area contributed by atoms with E-state index in [0.29, 0.717) is 19.3 Å². The summed E-state index contributed by atoms with van der Waals surface area (Å²) in [7, 11) is 1.38. The summed E-state index contributed by atoms with van der Waals surface area (Å²) >= 11 is 3.35. The highest BCUT2D eigenvalue weighted by atomic mass is 79.9. The Kier molecular flexibility index (Phi) is 5.42. The Morgan fingerprint density at radius 2 is 2.38 bits per heavy atom. The minimum Gasteiger partial charge on any atom is -0.469 e. The molecule has 16 heavy (non-hydrogen) atoms. The van der Waals surface area contributed by atoms with Gasteiger partial charge in [0, 0.05) is 29.3 Å². The maximum Gasteiger partial charge on any atom is 0.305 e. The van der Waals surface area contributed by atoms with Gasteiger partial charge in [0.25, 0.3) is 0 Å². The summed E-state index contributed by atoms with van der Waals surface area (Å²) < 4.78 is 5.49. The first kappa shape index (κ1) is 13.1. The van der Waals surface area contributed by atoms with Crippen LogP contribution in [-0.2, 0) is 16.0 Å². The van der Waals surface area contributed by atoms with Crippen molar-refractivity contribution in [3.63, 3.8) is 0 Å². The lowest BCUT2D eigenvalue weighted by atomic mass is 10.0. The number of carbonyl (C=O) groups excluding carboxylic acids is 1. The molecule has 0 bridgehead atoms. The monoisotopic (exact) mass is 286 g/mol. The van der Waals surface area contributed by atoms with E-state index in [2.05, 4.69) is 25.7 Å². The molecule has 2 N–H and O–H groups in total. The molecule has 0 aliphatic carbocycles. The molecule has 0 saturated carbocycles. The van der Waals surface area contributed by atoms with Crippen LogP contribution in [0.4, 0.5) is 0 Å². The van der Waals surface area contributed by atoms with Crippen LogP contribution in [0, 0.1) is 0 Å². The Morgan fingerprint density at radius 1 is 1.62 bits per heavy atom. The molecule has 1 unspecified atom stereocenters. The maximum absolute atomic E-state index is 10.9. The summed E-state index contributed by atoms with van der Waals surface area (Å²) in [5.41, 5.74) is 6.97. The lowest BCUT2D eigenvalue weighted by Gasteiger charge is -2.10. The number of pyridine rings is 1. The molecular formula is C11H15BrN2O2. The van der Waals surface area contributed by atoms with Crippen molar-refractivity contribution in [1.82, 2.24) is 4.98 Å². The van der Waals surface area contributed by atoms with Gasteiger partial charge in [-0.25, -0.2) is 0 Å². The zero-order valence-electron chi connectivity index (χ0n) is 9.15. The van der Waals surface area contributed by atoms with Crippen molar-refractivity contribution in [3.05, 3.63) is 28.5 Å². The van der Waals surface area contributed by atoms with Gasteiger partial charge >= 0.3 is 5.97 Å². The van der Waals surface area contributed by atoms with Gasteiger partial charge in [0.05, 0.1) is 7.11 Å². The van der Waals surface area contributed by atoms with E-state index in [-0.39, 0.29) is 12.0 Å². The number of ether oxygens (including phenoxy) is 1. The zero-order chi connectivity index (χ0) is 12.0. The van der Waals surface area contributed by atoms with Crippen molar-refractivity contribution < 1.29 is 9.53 Å². The van der Waals surface area contributed by atoms with Crippen molar-refractivity contribution in [2.75, 3.05) is 7.11 Å². The van der Waals surface area contributed by atoms with Crippen LogP contribution in [0.1, 0.15) is 18.4 Å². The molecule has 4 nitrogen and oxygen atoms in total. The molecule has 0 saturated heterocycles. The predicted molar refractivity (Wildman–Crippen MR) is 64.9 cm³/mol. The van der Waals surface area contributed by atoms with Gasteiger partial charge in [0.15, 0.2) is 0 Å². The van der Waals surface area contributed by atoms with Crippen LogP contribution in [0.2, 0.25) is 0 Å². The number of hydrogen-bond acceptors (Lipinski definition) is 4. The van der Waals surface area contributed by atoms with E-state index in [1.165, 1.54) is 7.11 Å². The average molecular weight is 287 g/mol. The van der Waals surface area contributed by atoms with E-state index in [1.54, 1.807) is 12.4 Å². The number of aromatic nitrogens is 1. The minimum atomic E-state index is -0.220. The van der Waals surface area contributed by atoms with Crippen LogP contribution < -0.4 is 5.73 Å². The summed E-state index contributed by atoms with van der Waals surface area (Å²) in [5.74, 6) is -0.220. The first-order chi connectivity index (χ1) is 7.61. The van der Waals surface area contributed by atoms with E-state index < -0.39 is 0 Å². The van der Waals surface area contributed by atoms with Crippen LogP contribution in [0.3, 0.4) is 0 Å². The second-order valence-electron chi connectivity index (χ2n) is 3.59. The number of carbonyl (C=O) groups is 1. The number of hydrogen-bond donors (Lipinski definition) is 1. The van der Waals surface area contributed by atoms with E-state index in [9.17, 15) is 4.79 Å². The molecule has 1 heterocycles. The van der Waals surface area contributed by atoms with Gasteiger partial charge in [-0.15, -0.1) is 0 Å². The smallest absolute Gasteiger partial charge is 0.305 e. The van der Waals surface area contributed by atoms with Gasteiger partial charge in [-0.05, 0) is 40.4 Å². The first-order valence-electron chi connectivity index (χ1n) is 5.03. The molecular weight excluding hydrogens is 272 g/mol. The van der Waals surface area contributed by atoms with E-state index in [1.807, 2.05) is 6.07 Å². The average Bonchev–Trinajstić information content (AvgIpc) is 2.26. The van der Waals surface area contributed by atoms with Crippen LogP contribution in [0.5, 0.6) is 0 Å². The second kappa shape index (κ2) is 6.60. The number of rotatable bonds is 5. The normalized spacial score (nSPS) is 12.2. The fourth-order valence-corrected chi connectivity index (χ4v) is 1.79. The third-order valence-corrected chi connectivity index (χ3v) is 2.64. The fraction of sp³-hybridized carbons (Fsp3) is 0.455. The summed E-state index contributed by atoms with van der Waals surface area (Å²) in [6.45, 7) is 0. The summed E-state index contributed by atoms with van der Waals surface area (Å²) in [4.78, 5) is 15.0. The molecule has 0 radical (unpaired) electrons. The molecule has 0 aromatic carbocycles. The van der Waals surface area contributed by atoms with Crippen LogP contribution >= 0.6 is 15.9 Å². The fourth-order valence-electron chi connectivity index (χ4n) is 1.38. The molecule has 5 heteroatoms. The third kappa shape index (κ3) is 4.72. The number of methoxy groups -OCH3 is 1. The van der Waals surface area contributed by atoms with Gasteiger partial charge in [-0.3, -0.25) is 9.78 Å². The third-order valence-electron chi connectivity index (χ3n) is 2.21. The molecule has 0 fully saturated rings. The predicted octanol–water partition coefficient (Wildman–Crippen LogP) is 1.67. The molecule has 1 aromatic heterocycles. The lowest BCUT2D eigenvalue weighted by molar-refractivity contribution is -0.140. The standard InChI is InChI=1S/C11H15BrN2O2/c1-16-11(15)3-2-10(13)5-8-4-9(12)7-14-6-8/h4,6-7,10H,2-3,5,13H2,1H3. The molecule has 0 aliphatic heterocycles.